The lowest BCUT2D eigenvalue weighted by molar-refractivity contribution is 0.184. The van der Waals surface area contributed by atoms with Gasteiger partial charge >= 0.3 is 0 Å². The van der Waals surface area contributed by atoms with Gasteiger partial charge < -0.3 is 15.7 Å². The van der Waals surface area contributed by atoms with Crippen LogP contribution in [0.4, 0.5) is 0 Å². The number of aromatic nitrogens is 1. The monoisotopic (exact) mass is 404 g/mol. The molecule has 6 heteroatoms. The molecule has 5 nitrogen and oxygen atoms in total. The van der Waals surface area contributed by atoms with Crippen LogP contribution in [0.1, 0.15) is 23.6 Å². The third-order valence-corrected chi connectivity index (χ3v) is 5.94. The van der Waals surface area contributed by atoms with Crippen LogP contribution in [0, 0.1) is 0 Å². The standard InChI is InChI=1S/C23H24N4OS/c1-2-24-23(26-14-19-18-9-5-3-7-16(18)11-12-25-19)27-15-20(28)22-13-17-8-4-6-10-21(17)29-22/h3-13,20,28H,2,14-15H2,1H3,(H2,24,26,27). The lowest BCUT2D eigenvalue weighted by Gasteiger charge is -2.14. The first-order valence-electron chi connectivity index (χ1n) is 9.76. The molecular weight excluding hydrogens is 380 g/mol. The second-order valence-electron chi connectivity index (χ2n) is 6.76. The van der Waals surface area contributed by atoms with E-state index in [-0.39, 0.29) is 0 Å². The molecule has 0 saturated carbocycles. The molecule has 3 N–H and O–H groups in total. The molecular formula is C23H24N4OS. The van der Waals surface area contributed by atoms with E-state index in [9.17, 15) is 5.11 Å². The van der Waals surface area contributed by atoms with Crippen LogP contribution in [0.3, 0.4) is 0 Å². The minimum atomic E-state index is -0.591. The molecule has 0 amide bonds. The quantitative estimate of drug-likeness (QED) is 0.332. The van der Waals surface area contributed by atoms with Crippen LogP contribution in [-0.4, -0.2) is 29.1 Å². The van der Waals surface area contributed by atoms with Crippen molar-refractivity contribution in [2.24, 2.45) is 4.99 Å². The molecule has 0 saturated heterocycles. The van der Waals surface area contributed by atoms with Gasteiger partial charge in [0.2, 0.25) is 0 Å². The van der Waals surface area contributed by atoms with Gasteiger partial charge in [0.1, 0.15) is 6.10 Å². The Balaban J connectivity index is 1.45. The van der Waals surface area contributed by atoms with Gasteiger partial charge in [-0.05, 0) is 35.9 Å². The van der Waals surface area contributed by atoms with Gasteiger partial charge in [-0.3, -0.25) is 4.98 Å². The maximum atomic E-state index is 10.6. The Morgan fingerprint density at radius 2 is 1.86 bits per heavy atom. The summed E-state index contributed by atoms with van der Waals surface area (Å²) in [6, 6.07) is 20.4. The predicted molar refractivity (Wildman–Crippen MR) is 121 cm³/mol. The third-order valence-electron chi connectivity index (χ3n) is 4.72. The average Bonchev–Trinajstić information content (AvgIpc) is 3.20. The third kappa shape index (κ3) is 4.55. The summed E-state index contributed by atoms with van der Waals surface area (Å²) in [5.74, 6) is 0.669. The number of aliphatic hydroxyl groups is 1. The van der Waals surface area contributed by atoms with Crippen molar-refractivity contribution in [3.05, 3.63) is 77.4 Å². The van der Waals surface area contributed by atoms with Crippen LogP contribution in [0.25, 0.3) is 20.9 Å². The van der Waals surface area contributed by atoms with E-state index in [2.05, 4.69) is 50.9 Å². The molecule has 0 aliphatic heterocycles. The summed E-state index contributed by atoms with van der Waals surface area (Å²) < 4.78 is 1.18. The summed E-state index contributed by atoms with van der Waals surface area (Å²) in [7, 11) is 0. The fourth-order valence-corrected chi connectivity index (χ4v) is 4.32. The van der Waals surface area contributed by atoms with E-state index in [0.717, 1.165) is 33.3 Å². The first-order valence-corrected chi connectivity index (χ1v) is 10.6. The molecule has 2 aromatic heterocycles. The van der Waals surface area contributed by atoms with Crippen LogP contribution in [0.2, 0.25) is 0 Å². The number of benzene rings is 2. The van der Waals surface area contributed by atoms with E-state index in [1.807, 2.05) is 43.5 Å². The normalized spacial score (nSPS) is 13.0. The zero-order valence-electron chi connectivity index (χ0n) is 16.3. The van der Waals surface area contributed by atoms with Crippen LogP contribution in [0.15, 0.2) is 71.9 Å². The molecule has 1 atom stereocenters. The van der Waals surface area contributed by atoms with E-state index >= 15 is 0 Å². The maximum absolute atomic E-state index is 10.6. The molecule has 1 unspecified atom stereocenters. The number of rotatable bonds is 6. The molecule has 0 radical (unpaired) electrons. The molecule has 148 valence electrons. The summed E-state index contributed by atoms with van der Waals surface area (Å²) in [5.41, 5.74) is 0.936. The van der Waals surface area contributed by atoms with Gasteiger partial charge in [-0.2, -0.15) is 0 Å². The van der Waals surface area contributed by atoms with Crippen molar-refractivity contribution >= 4 is 38.2 Å². The Labute approximate surface area is 174 Å². The zero-order valence-corrected chi connectivity index (χ0v) is 17.1. The fraction of sp³-hybridized carbons (Fsp3) is 0.217. The number of thiophene rings is 1. The van der Waals surface area contributed by atoms with Gasteiger partial charge in [-0.1, -0.05) is 42.5 Å². The Hall–Kier alpha value is -2.96. The number of guanidine groups is 1. The van der Waals surface area contributed by atoms with Gasteiger partial charge in [0.05, 0.1) is 12.2 Å². The highest BCUT2D eigenvalue weighted by Gasteiger charge is 2.12. The van der Waals surface area contributed by atoms with Gasteiger partial charge in [0.25, 0.3) is 0 Å². The number of hydrogen-bond acceptors (Lipinski definition) is 4. The minimum Gasteiger partial charge on any atom is -0.386 e. The van der Waals surface area contributed by atoms with Gasteiger partial charge in [-0.25, -0.2) is 4.99 Å². The van der Waals surface area contributed by atoms with E-state index < -0.39 is 6.10 Å². The number of nitrogens with zero attached hydrogens (tertiary/aromatic N) is 2. The number of aliphatic imine (C=N–C) groups is 1. The van der Waals surface area contributed by atoms with Crippen LogP contribution < -0.4 is 10.6 Å². The van der Waals surface area contributed by atoms with E-state index in [4.69, 9.17) is 0 Å². The Kier molecular flexibility index (Phi) is 6.03. The maximum Gasteiger partial charge on any atom is 0.191 e. The first kappa shape index (κ1) is 19.4. The first-order chi connectivity index (χ1) is 14.2. The molecule has 0 bridgehead atoms. The Bertz CT molecular complexity index is 1100. The van der Waals surface area contributed by atoms with E-state index in [0.29, 0.717) is 19.0 Å². The topological polar surface area (TPSA) is 69.5 Å². The van der Waals surface area contributed by atoms with Crippen LogP contribution in [0.5, 0.6) is 0 Å². The lowest BCUT2D eigenvalue weighted by atomic mass is 10.1. The molecule has 2 heterocycles. The molecule has 29 heavy (non-hydrogen) atoms. The number of hydrogen-bond donors (Lipinski definition) is 3. The number of fused-ring (bicyclic) bond motifs is 2. The summed E-state index contributed by atoms with van der Waals surface area (Å²) in [4.78, 5) is 10.1. The molecule has 0 aliphatic rings. The summed E-state index contributed by atoms with van der Waals surface area (Å²) in [6.45, 7) is 3.63. The molecule has 2 aromatic carbocycles. The summed E-state index contributed by atoms with van der Waals surface area (Å²) >= 11 is 1.62. The number of nitrogens with one attached hydrogen (secondary N) is 2. The molecule has 4 aromatic rings. The van der Waals surface area contributed by atoms with Crippen molar-refractivity contribution < 1.29 is 5.11 Å². The van der Waals surface area contributed by atoms with E-state index in [1.54, 1.807) is 11.3 Å². The number of aliphatic hydroxyl groups excluding tert-OH is 1. The lowest BCUT2D eigenvalue weighted by Crippen LogP contribution is -2.39. The SMILES string of the molecule is CCNC(=NCc1nccc2ccccc12)NCC(O)c1cc2ccccc2s1. The largest absolute Gasteiger partial charge is 0.386 e. The highest BCUT2D eigenvalue weighted by atomic mass is 32.1. The van der Waals surface area contributed by atoms with Crippen molar-refractivity contribution in [2.75, 3.05) is 13.1 Å². The fourth-order valence-electron chi connectivity index (χ4n) is 3.26. The van der Waals surface area contributed by atoms with Gasteiger partial charge in [-0.15, -0.1) is 11.3 Å². The Morgan fingerprint density at radius 1 is 1.07 bits per heavy atom. The summed E-state index contributed by atoms with van der Waals surface area (Å²) in [6.07, 6.45) is 1.23. The van der Waals surface area contributed by atoms with Crippen molar-refractivity contribution in [1.82, 2.24) is 15.6 Å². The van der Waals surface area contributed by atoms with Gasteiger partial charge in [0, 0.05) is 34.2 Å². The van der Waals surface area contributed by atoms with Crippen LogP contribution in [-0.2, 0) is 6.54 Å². The van der Waals surface area contributed by atoms with Gasteiger partial charge in [0.15, 0.2) is 5.96 Å². The van der Waals surface area contributed by atoms with Crippen molar-refractivity contribution in [3.63, 3.8) is 0 Å². The average molecular weight is 405 g/mol. The minimum absolute atomic E-state index is 0.390. The molecule has 4 rings (SSSR count). The second-order valence-corrected chi connectivity index (χ2v) is 7.87. The number of pyridine rings is 1. The van der Waals surface area contributed by atoms with Crippen molar-refractivity contribution in [3.8, 4) is 0 Å². The Morgan fingerprint density at radius 3 is 2.69 bits per heavy atom. The highest BCUT2D eigenvalue weighted by Crippen LogP contribution is 2.29. The molecule has 0 spiro atoms. The highest BCUT2D eigenvalue weighted by molar-refractivity contribution is 7.19. The zero-order chi connectivity index (χ0) is 20.1. The van der Waals surface area contributed by atoms with Crippen molar-refractivity contribution in [1.29, 1.82) is 0 Å². The van der Waals surface area contributed by atoms with Crippen molar-refractivity contribution in [2.45, 2.75) is 19.6 Å². The molecule has 0 aliphatic carbocycles. The summed E-state index contributed by atoms with van der Waals surface area (Å²) in [5, 5.41) is 20.5. The second kappa shape index (κ2) is 9.03. The smallest absolute Gasteiger partial charge is 0.191 e. The van der Waals surface area contributed by atoms with Crippen LogP contribution >= 0.6 is 11.3 Å². The van der Waals surface area contributed by atoms with E-state index in [1.165, 1.54) is 4.70 Å². The molecule has 0 fully saturated rings. The predicted octanol–water partition coefficient (Wildman–Crippen LogP) is 4.24.